The highest BCUT2D eigenvalue weighted by Crippen LogP contribution is 2.31. The standard InChI is InChI=1S/C15H22FN3O/c1-4-20-15-9-14(13(18)8-12(15)16)19(7-5-6-17)10-11(2)3/h8-9,11H,4-5,7,10,18H2,1-3H3. The van der Waals surface area contributed by atoms with Gasteiger partial charge in [0.15, 0.2) is 11.6 Å². The van der Waals surface area contributed by atoms with Gasteiger partial charge in [0.25, 0.3) is 0 Å². The van der Waals surface area contributed by atoms with Crippen LogP contribution in [-0.4, -0.2) is 19.7 Å². The van der Waals surface area contributed by atoms with E-state index in [4.69, 9.17) is 15.7 Å². The van der Waals surface area contributed by atoms with Gasteiger partial charge in [-0.15, -0.1) is 0 Å². The van der Waals surface area contributed by atoms with Crippen LogP contribution in [-0.2, 0) is 0 Å². The van der Waals surface area contributed by atoms with Crippen molar-refractivity contribution in [2.75, 3.05) is 30.3 Å². The number of nitrogen functional groups attached to an aromatic ring is 1. The number of ether oxygens (including phenoxy) is 1. The predicted octanol–water partition coefficient (Wildman–Crippen LogP) is 3.18. The molecule has 0 aliphatic carbocycles. The van der Waals surface area contributed by atoms with Crippen molar-refractivity contribution >= 4 is 11.4 Å². The quantitative estimate of drug-likeness (QED) is 0.779. The van der Waals surface area contributed by atoms with Crippen molar-refractivity contribution in [3.8, 4) is 11.8 Å². The van der Waals surface area contributed by atoms with E-state index in [1.165, 1.54) is 6.07 Å². The Morgan fingerprint density at radius 1 is 1.45 bits per heavy atom. The molecule has 0 heterocycles. The van der Waals surface area contributed by atoms with E-state index in [0.717, 1.165) is 12.2 Å². The minimum absolute atomic E-state index is 0.197. The number of hydrogen-bond acceptors (Lipinski definition) is 4. The number of halogens is 1. The Morgan fingerprint density at radius 2 is 2.15 bits per heavy atom. The van der Waals surface area contributed by atoms with E-state index >= 15 is 0 Å². The van der Waals surface area contributed by atoms with Crippen LogP contribution in [0.15, 0.2) is 12.1 Å². The fourth-order valence-electron chi connectivity index (χ4n) is 2.03. The summed E-state index contributed by atoms with van der Waals surface area (Å²) in [5.41, 5.74) is 7.00. The van der Waals surface area contributed by atoms with Crippen LogP contribution < -0.4 is 15.4 Å². The Morgan fingerprint density at radius 3 is 2.70 bits per heavy atom. The molecule has 0 atom stereocenters. The molecule has 4 nitrogen and oxygen atoms in total. The Labute approximate surface area is 119 Å². The van der Waals surface area contributed by atoms with Crippen molar-refractivity contribution in [1.82, 2.24) is 0 Å². The van der Waals surface area contributed by atoms with Crippen LogP contribution in [0.25, 0.3) is 0 Å². The zero-order chi connectivity index (χ0) is 15.1. The van der Waals surface area contributed by atoms with Gasteiger partial charge in [-0.05, 0) is 12.8 Å². The third-order valence-corrected chi connectivity index (χ3v) is 2.80. The van der Waals surface area contributed by atoms with Gasteiger partial charge in [-0.25, -0.2) is 4.39 Å². The fourth-order valence-corrected chi connectivity index (χ4v) is 2.03. The summed E-state index contributed by atoms with van der Waals surface area (Å²) >= 11 is 0. The average Bonchev–Trinajstić information content (AvgIpc) is 2.37. The van der Waals surface area contributed by atoms with Crippen molar-refractivity contribution in [1.29, 1.82) is 5.26 Å². The molecule has 0 spiro atoms. The number of nitrogens with zero attached hydrogens (tertiary/aromatic N) is 2. The summed E-state index contributed by atoms with van der Waals surface area (Å²) in [5.74, 6) is 0.147. The molecule has 0 saturated heterocycles. The summed E-state index contributed by atoms with van der Waals surface area (Å²) < 4.78 is 19.0. The number of rotatable bonds is 7. The molecule has 1 aromatic rings. The van der Waals surface area contributed by atoms with Crippen LogP contribution >= 0.6 is 0 Å². The molecule has 0 fully saturated rings. The molecule has 0 amide bonds. The number of nitrogens with two attached hydrogens (primary N) is 1. The maximum atomic E-state index is 13.7. The SMILES string of the molecule is CCOc1cc(N(CCC#N)CC(C)C)c(N)cc1F. The second-order valence-electron chi connectivity index (χ2n) is 5.02. The van der Waals surface area contributed by atoms with Crippen molar-refractivity contribution < 1.29 is 9.13 Å². The molecule has 20 heavy (non-hydrogen) atoms. The highest BCUT2D eigenvalue weighted by atomic mass is 19.1. The molecule has 110 valence electrons. The first-order chi connectivity index (χ1) is 9.49. The van der Waals surface area contributed by atoms with Crippen LogP contribution in [0.3, 0.4) is 0 Å². The molecule has 0 radical (unpaired) electrons. The monoisotopic (exact) mass is 279 g/mol. The molecule has 2 N–H and O–H groups in total. The zero-order valence-electron chi connectivity index (χ0n) is 12.3. The molecule has 1 rings (SSSR count). The van der Waals surface area contributed by atoms with Crippen molar-refractivity contribution in [2.45, 2.75) is 27.2 Å². The lowest BCUT2D eigenvalue weighted by Crippen LogP contribution is -2.29. The highest BCUT2D eigenvalue weighted by Gasteiger charge is 2.15. The van der Waals surface area contributed by atoms with Crippen LogP contribution in [0.2, 0.25) is 0 Å². The van der Waals surface area contributed by atoms with Gasteiger partial charge in [-0.2, -0.15) is 5.26 Å². The molecule has 0 saturated carbocycles. The number of benzene rings is 1. The summed E-state index contributed by atoms with van der Waals surface area (Å²) in [4.78, 5) is 2.01. The molecule has 0 aliphatic heterocycles. The topological polar surface area (TPSA) is 62.3 Å². The third-order valence-electron chi connectivity index (χ3n) is 2.80. The minimum atomic E-state index is -0.460. The predicted molar refractivity (Wildman–Crippen MR) is 79.3 cm³/mol. The molecule has 0 aliphatic rings. The maximum Gasteiger partial charge on any atom is 0.167 e. The van der Waals surface area contributed by atoms with E-state index in [1.54, 1.807) is 13.0 Å². The van der Waals surface area contributed by atoms with Gasteiger partial charge < -0.3 is 15.4 Å². The van der Waals surface area contributed by atoms with Gasteiger partial charge in [-0.3, -0.25) is 0 Å². The van der Waals surface area contributed by atoms with E-state index in [1.807, 2.05) is 4.90 Å². The largest absolute Gasteiger partial charge is 0.491 e. The maximum absolute atomic E-state index is 13.7. The molecular formula is C15H22FN3O. The Bertz CT molecular complexity index is 483. The van der Waals surface area contributed by atoms with Crippen molar-refractivity contribution in [3.63, 3.8) is 0 Å². The van der Waals surface area contributed by atoms with E-state index < -0.39 is 5.82 Å². The van der Waals surface area contributed by atoms with Crippen LogP contribution in [0, 0.1) is 23.1 Å². The van der Waals surface area contributed by atoms with Crippen LogP contribution in [0.5, 0.6) is 5.75 Å². The first-order valence-corrected chi connectivity index (χ1v) is 6.83. The second kappa shape index (κ2) is 7.59. The molecule has 0 aromatic heterocycles. The summed E-state index contributed by atoms with van der Waals surface area (Å²) in [6, 6.07) is 5.02. The first-order valence-electron chi connectivity index (χ1n) is 6.83. The van der Waals surface area contributed by atoms with Crippen molar-refractivity contribution in [3.05, 3.63) is 17.9 Å². The molecule has 1 aromatic carbocycles. The third kappa shape index (κ3) is 4.30. The number of nitriles is 1. The second-order valence-corrected chi connectivity index (χ2v) is 5.02. The van der Waals surface area contributed by atoms with E-state index in [2.05, 4.69) is 19.9 Å². The zero-order valence-corrected chi connectivity index (χ0v) is 12.3. The fraction of sp³-hybridized carbons (Fsp3) is 0.533. The van der Waals surface area contributed by atoms with E-state index in [9.17, 15) is 4.39 Å². The average molecular weight is 279 g/mol. The Kier molecular flexibility index (Phi) is 6.10. The lowest BCUT2D eigenvalue weighted by atomic mass is 10.1. The van der Waals surface area contributed by atoms with Gasteiger partial charge in [0.1, 0.15) is 0 Å². The lowest BCUT2D eigenvalue weighted by molar-refractivity contribution is 0.321. The van der Waals surface area contributed by atoms with Crippen LogP contribution in [0.1, 0.15) is 27.2 Å². The minimum Gasteiger partial charge on any atom is -0.491 e. The number of hydrogen-bond donors (Lipinski definition) is 1. The van der Waals surface area contributed by atoms with Gasteiger partial charge >= 0.3 is 0 Å². The Hall–Kier alpha value is -1.96. The normalized spacial score (nSPS) is 10.4. The van der Waals surface area contributed by atoms with Gasteiger partial charge in [0.05, 0.1) is 30.5 Å². The summed E-state index contributed by atoms with van der Waals surface area (Å²) in [7, 11) is 0. The van der Waals surface area contributed by atoms with Gasteiger partial charge in [0, 0.05) is 25.2 Å². The Balaban J connectivity index is 3.10. The summed E-state index contributed by atoms with van der Waals surface area (Å²) in [5, 5.41) is 8.76. The van der Waals surface area contributed by atoms with E-state index in [-0.39, 0.29) is 5.75 Å². The lowest BCUT2D eigenvalue weighted by Gasteiger charge is -2.27. The first kappa shape index (κ1) is 16.1. The summed E-state index contributed by atoms with van der Waals surface area (Å²) in [6.45, 7) is 7.68. The smallest absolute Gasteiger partial charge is 0.167 e. The van der Waals surface area contributed by atoms with Gasteiger partial charge in [-0.1, -0.05) is 13.8 Å². The van der Waals surface area contributed by atoms with E-state index in [0.29, 0.717) is 31.2 Å². The molecular weight excluding hydrogens is 257 g/mol. The van der Waals surface area contributed by atoms with Crippen LogP contribution in [0.4, 0.5) is 15.8 Å². The molecule has 0 bridgehead atoms. The summed E-state index contributed by atoms with van der Waals surface area (Å²) in [6.07, 6.45) is 0.396. The van der Waals surface area contributed by atoms with Gasteiger partial charge in [0.2, 0.25) is 0 Å². The van der Waals surface area contributed by atoms with Crippen molar-refractivity contribution in [2.24, 2.45) is 5.92 Å². The molecule has 0 unspecified atom stereocenters. The highest BCUT2D eigenvalue weighted by molar-refractivity contribution is 5.70. The molecule has 5 heteroatoms. The number of anilines is 2.